The zero-order valence-corrected chi connectivity index (χ0v) is 18.5. The largest absolute Gasteiger partial charge is 0.488 e. The van der Waals surface area contributed by atoms with Gasteiger partial charge in [0.25, 0.3) is 0 Å². The average Bonchev–Trinajstić information content (AvgIpc) is 3.29. The third-order valence-electron chi connectivity index (χ3n) is 5.75. The van der Waals surface area contributed by atoms with E-state index in [-0.39, 0.29) is 6.61 Å². The number of rotatable bonds is 5. The third-order valence-corrected chi connectivity index (χ3v) is 5.75. The summed E-state index contributed by atoms with van der Waals surface area (Å²) in [5.41, 5.74) is 5.40. The summed E-state index contributed by atoms with van der Waals surface area (Å²) in [6, 6.07) is 29.7. The molecule has 5 heteroatoms. The lowest BCUT2D eigenvalue weighted by Gasteiger charge is -2.13. The number of aromatic nitrogens is 2. The van der Waals surface area contributed by atoms with Gasteiger partial charge in [-0.2, -0.15) is 10.5 Å². The van der Waals surface area contributed by atoms with Crippen molar-refractivity contribution in [1.82, 2.24) is 9.97 Å². The zero-order valence-electron chi connectivity index (χ0n) is 18.5. The standard InChI is InChI=1S/C29H20N4O/c1-19-10-12-26-27(14-19)33-29(32-26)23(17-31)15-25-24-9-5-4-6-20(24)11-13-28(25)34-18-22-8-3-2-7-21(22)16-30/h2-15H,18H2,1H3,(H,32,33). The van der Waals surface area contributed by atoms with E-state index in [0.29, 0.717) is 22.7 Å². The number of nitrogens with zero attached hydrogens (tertiary/aromatic N) is 3. The molecule has 0 aliphatic rings. The predicted molar refractivity (Wildman–Crippen MR) is 134 cm³/mol. The maximum Gasteiger partial charge on any atom is 0.149 e. The number of allylic oxidation sites excluding steroid dienone is 1. The fraction of sp³-hybridized carbons (Fsp3) is 0.0690. The summed E-state index contributed by atoms with van der Waals surface area (Å²) < 4.78 is 6.19. The summed E-state index contributed by atoms with van der Waals surface area (Å²) in [6.07, 6.45) is 1.82. The minimum Gasteiger partial charge on any atom is -0.488 e. The van der Waals surface area contributed by atoms with Crippen LogP contribution < -0.4 is 4.74 Å². The van der Waals surface area contributed by atoms with Gasteiger partial charge in [0, 0.05) is 11.1 Å². The van der Waals surface area contributed by atoms with Crippen LogP contribution in [-0.2, 0) is 6.61 Å². The number of hydrogen-bond acceptors (Lipinski definition) is 4. The second-order valence-electron chi connectivity index (χ2n) is 8.03. The van der Waals surface area contributed by atoms with Crippen LogP contribution in [0.25, 0.3) is 33.5 Å². The average molecular weight is 441 g/mol. The normalized spacial score (nSPS) is 11.3. The molecule has 0 amide bonds. The quantitative estimate of drug-likeness (QED) is 0.314. The Kier molecular flexibility index (Phi) is 5.52. The number of H-pyrrole nitrogens is 1. The number of nitrogens with one attached hydrogen (secondary N) is 1. The zero-order chi connectivity index (χ0) is 23.5. The fourth-order valence-corrected chi connectivity index (χ4v) is 4.01. The maximum atomic E-state index is 10.0. The van der Waals surface area contributed by atoms with Crippen LogP contribution >= 0.6 is 0 Å². The van der Waals surface area contributed by atoms with Crippen molar-refractivity contribution in [1.29, 1.82) is 10.5 Å². The minimum atomic E-state index is 0.245. The molecule has 162 valence electrons. The van der Waals surface area contributed by atoms with E-state index < -0.39 is 0 Å². The molecule has 0 aliphatic heterocycles. The maximum absolute atomic E-state index is 10.0. The number of ether oxygens (including phenoxy) is 1. The van der Waals surface area contributed by atoms with Gasteiger partial charge in [-0.3, -0.25) is 0 Å². The molecule has 0 fully saturated rings. The van der Waals surface area contributed by atoms with Crippen molar-refractivity contribution in [3.05, 3.63) is 107 Å². The lowest BCUT2D eigenvalue weighted by atomic mass is 10.0. The molecule has 0 radical (unpaired) electrons. The summed E-state index contributed by atoms with van der Waals surface area (Å²) in [4.78, 5) is 7.89. The molecule has 0 unspecified atom stereocenters. The van der Waals surface area contributed by atoms with E-state index in [0.717, 1.165) is 38.5 Å². The molecule has 0 bridgehead atoms. The number of aromatic amines is 1. The van der Waals surface area contributed by atoms with E-state index in [9.17, 15) is 10.5 Å². The van der Waals surface area contributed by atoms with Gasteiger partial charge in [-0.1, -0.05) is 54.6 Å². The van der Waals surface area contributed by atoms with Gasteiger partial charge in [0.05, 0.1) is 28.2 Å². The first-order valence-electron chi connectivity index (χ1n) is 10.9. The highest BCUT2D eigenvalue weighted by Crippen LogP contribution is 2.32. The molecule has 5 aromatic rings. The highest BCUT2D eigenvalue weighted by molar-refractivity contribution is 6.00. The van der Waals surface area contributed by atoms with Crippen molar-refractivity contribution in [2.24, 2.45) is 0 Å². The van der Waals surface area contributed by atoms with Crippen molar-refractivity contribution >= 4 is 33.5 Å². The number of hydrogen-bond donors (Lipinski definition) is 1. The lowest BCUT2D eigenvalue weighted by molar-refractivity contribution is 0.305. The Labute approximate surface area is 197 Å². The van der Waals surface area contributed by atoms with Crippen molar-refractivity contribution in [2.45, 2.75) is 13.5 Å². The van der Waals surface area contributed by atoms with Crippen LogP contribution in [-0.4, -0.2) is 9.97 Å². The lowest BCUT2D eigenvalue weighted by Crippen LogP contribution is -2.00. The Balaban J connectivity index is 1.61. The van der Waals surface area contributed by atoms with Gasteiger partial charge < -0.3 is 9.72 Å². The van der Waals surface area contributed by atoms with Crippen LogP contribution in [0.1, 0.15) is 28.1 Å². The van der Waals surface area contributed by atoms with E-state index in [2.05, 4.69) is 22.1 Å². The topological polar surface area (TPSA) is 85.5 Å². The molecule has 34 heavy (non-hydrogen) atoms. The van der Waals surface area contributed by atoms with E-state index in [1.165, 1.54) is 0 Å². The molecule has 5 nitrogen and oxygen atoms in total. The molecule has 1 heterocycles. The second kappa shape index (κ2) is 8.94. The molecular formula is C29H20N4O. The second-order valence-corrected chi connectivity index (χ2v) is 8.03. The minimum absolute atomic E-state index is 0.245. The van der Waals surface area contributed by atoms with Crippen LogP contribution in [0.2, 0.25) is 0 Å². The highest BCUT2D eigenvalue weighted by Gasteiger charge is 2.13. The van der Waals surface area contributed by atoms with Gasteiger partial charge in [0.2, 0.25) is 0 Å². The van der Waals surface area contributed by atoms with Gasteiger partial charge in [0.15, 0.2) is 0 Å². The van der Waals surface area contributed by atoms with Crippen molar-refractivity contribution < 1.29 is 4.74 Å². The molecular weight excluding hydrogens is 420 g/mol. The first kappa shape index (κ1) is 21.0. The van der Waals surface area contributed by atoms with Crippen molar-refractivity contribution in [2.75, 3.05) is 0 Å². The first-order chi connectivity index (χ1) is 16.7. The molecule has 0 aliphatic carbocycles. The first-order valence-corrected chi connectivity index (χ1v) is 10.9. The summed E-state index contributed by atoms with van der Waals surface area (Å²) in [5, 5.41) is 21.4. The Hall–Kier alpha value is -4.87. The van der Waals surface area contributed by atoms with Crippen LogP contribution in [0.5, 0.6) is 5.75 Å². The molecule has 1 aromatic heterocycles. The Morgan fingerprint density at radius 2 is 1.82 bits per heavy atom. The Morgan fingerprint density at radius 1 is 1.00 bits per heavy atom. The molecule has 4 aromatic carbocycles. The molecule has 0 spiro atoms. The molecule has 0 atom stereocenters. The van der Waals surface area contributed by atoms with E-state index in [1.807, 2.05) is 85.8 Å². The van der Waals surface area contributed by atoms with E-state index in [1.54, 1.807) is 6.07 Å². The van der Waals surface area contributed by atoms with Gasteiger partial charge in [-0.25, -0.2) is 4.98 Å². The van der Waals surface area contributed by atoms with Crippen LogP contribution in [0.4, 0.5) is 0 Å². The van der Waals surface area contributed by atoms with E-state index in [4.69, 9.17) is 4.74 Å². The number of nitriles is 2. The Morgan fingerprint density at radius 3 is 2.68 bits per heavy atom. The number of benzene rings is 4. The van der Waals surface area contributed by atoms with Gasteiger partial charge >= 0.3 is 0 Å². The van der Waals surface area contributed by atoms with Crippen LogP contribution in [0.15, 0.2) is 78.9 Å². The monoisotopic (exact) mass is 440 g/mol. The van der Waals surface area contributed by atoms with Crippen molar-refractivity contribution in [3.8, 4) is 17.9 Å². The van der Waals surface area contributed by atoms with Gasteiger partial charge in [0.1, 0.15) is 24.3 Å². The molecule has 5 rings (SSSR count). The highest BCUT2D eigenvalue weighted by atomic mass is 16.5. The summed E-state index contributed by atoms with van der Waals surface area (Å²) in [7, 11) is 0. The van der Waals surface area contributed by atoms with Crippen LogP contribution in [0.3, 0.4) is 0 Å². The number of imidazole rings is 1. The summed E-state index contributed by atoms with van der Waals surface area (Å²) >= 11 is 0. The van der Waals surface area contributed by atoms with Gasteiger partial charge in [-0.05, 0) is 53.6 Å². The number of fused-ring (bicyclic) bond motifs is 2. The summed E-state index contributed by atoms with van der Waals surface area (Å²) in [5.74, 6) is 1.14. The number of aryl methyl sites for hydroxylation is 1. The fourth-order valence-electron chi connectivity index (χ4n) is 4.01. The molecule has 0 saturated heterocycles. The molecule has 1 N–H and O–H groups in total. The van der Waals surface area contributed by atoms with Crippen molar-refractivity contribution in [3.63, 3.8) is 0 Å². The van der Waals surface area contributed by atoms with E-state index >= 15 is 0 Å². The molecule has 0 saturated carbocycles. The van der Waals surface area contributed by atoms with Gasteiger partial charge in [-0.15, -0.1) is 0 Å². The Bertz CT molecular complexity index is 1650. The van der Waals surface area contributed by atoms with Crippen LogP contribution in [0, 0.1) is 29.6 Å². The smallest absolute Gasteiger partial charge is 0.149 e. The summed E-state index contributed by atoms with van der Waals surface area (Å²) in [6.45, 7) is 2.26. The predicted octanol–water partition coefficient (Wildman–Crippen LogP) is 6.54. The SMILES string of the molecule is Cc1ccc2nc(C(C#N)=Cc3c(OCc4ccccc4C#N)ccc4ccccc34)[nH]c2c1. The third kappa shape index (κ3) is 3.99.